The predicted molar refractivity (Wildman–Crippen MR) is 98.3 cm³/mol. The van der Waals surface area contributed by atoms with E-state index in [0.29, 0.717) is 36.7 Å². The molecular weight excluding hydrogens is 350 g/mol. The van der Waals surface area contributed by atoms with Crippen LogP contribution in [0.2, 0.25) is 0 Å². The van der Waals surface area contributed by atoms with Gasteiger partial charge in [0.15, 0.2) is 0 Å². The molecule has 1 aromatic heterocycles. The summed E-state index contributed by atoms with van der Waals surface area (Å²) < 4.78 is 5.22. The molecule has 9 nitrogen and oxygen atoms in total. The molecular formula is C18H25N5O4. The summed E-state index contributed by atoms with van der Waals surface area (Å²) in [6, 6.07) is 1.58. The maximum Gasteiger partial charge on any atom is 0.405 e. The van der Waals surface area contributed by atoms with Gasteiger partial charge in [0.05, 0.1) is 17.8 Å². The van der Waals surface area contributed by atoms with Crippen LogP contribution in [0.1, 0.15) is 54.0 Å². The van der Waals surface area contributed by atoms with Crippen LogP contribution in [0.15, 0.2) is 12.3 Å². The quantitative estimate of drug-likeness (QED) is 0.671. The predicted octanol–water partition coefficient (Wildman–Crippen LogP) is 0.773. The summed E-state index contributed by atoms with van der Waals surface area (Å²) in [5.41, 5.74) is 10.7. The molecule has 1 aromatic rings. The lowest BCUT2D eigenvalue weighted by atomic mass is 10.1. The van der Waals surface area contributed by atoms with E-state index in [0.717, 1.165) is 12.8 Å². The number of hydrogen-bond donors (Lipinski definition) is 3. The number of rotatable bonds is 6. The van der Waals surface area contributed by atoms with Crippen LogP contribution in [-0.4, -0.2) is 47.6 Å². The molecule has 0 radical (unpaired) electrons. The second-order valence-electron chi connectivity index (χ2n) is 7.59. The number of amides is 3. The number of hydrogen-bond acceptors (Lipinski definition) is 6. The Hall–Kier alpha value is -2.84. The molecule has 2 heterocycles. The van der Waals surface area contributed by atoms with Gasteiger partial charge in [-0.1, -0.05) is 0 Å². The zero-order chi connectivity index (χ0) is 19.8. The minimum absolute atomic E-state index is 0.0706. The summed E-state index contributed by atoms with van der Waals surface area (Å²) in [7, 11) is 0. The highest BCUT2D eigenvalue weighted by Gasteiger charge is 2.38. The number of carbonyl (C=O) groups excluding carboxylic acids is 3. The molecule has 1 aliphatic heterocycles. The van der Waals surface area contributed by atoms with Gasteiger partial charge < -0.3 is 26.4 Å². The van der Waals surface area contributed by atoms with Crippen LogP contribution in [0.3, 0.4) is 0 Å². The first-order valence-corrected chi connectivity index (χ1v) is 9.02. The third-order valence-electron chi connectivity index (χ3n) is 5.19. The Morgan fingerprint density at radius 3 is 2.67 bits per heavy atom. The summed E-state index contributed by atoms with van der Waals surface area (Å²) in [6.07, 6.45) is 3.30. The van der Waals surface area contributed by atoms with Gasteiger partial charge in [0, 0.05) is 25.2 Å². The van der Waals surface area contributed by atoms with Gasteiger partial charge in [-0.15, -0.1) is 0 Å². The smallest absolute Gasteiger partial charge is 0.405 e. The number of aromatic nitrogens is 1. The molecule has 1 saturated heterocycles. The Morgan fingerprint density at radius 2 is 2.07 bits per heavy atom. The van der Waals surface area contributed by atoms with E-state index >= 15 is 0 Å². The number of anilines is 1. The molecule has 0 aromatic carbocycles. The van der Waals surface area contributed by atoms with Crippen molar-refractivity contribution in [3.63, 3.8) is 0 Å². The van der Waals surface area contributed by atoms with Gasteiger partial charge in [-0.25, -0.2) is 4.79 Å². The number of carbonyl (C=O) groups is 3. The van der Waals surface area contributed by atoms with Crippen molar-refractivity contribution in [1.29, 1.82) is 0 Å². The van der Waals surface area contributed by atoms with Gasteiger partial charge in [0.1, 0.15) is 11.3 Å². The molecule has 2 atom stereocenters. The maximum absolute atomic E-state index is 12.8. The molecule has 27 heavy (non-hydrogen) atoms. The SMILES string of the molecule is C[C@H](NC(=O)c1cnc(C(N)=O)cc1N1CC[C@](C)(OC(N)=O)C1)C1CC1. The highest BCUT2D eigenvalue weighted by atomic mass is 16.6. The largest absolute Gasteiger partial charge is 0.441 e. The number of nitrogens with zero attached hydrogens (tertiary/aromatic N) is 2. The molecule has 2 aliphatic rings. The molecule has 0 unspecified atom stereocenters. The summed E-state index contributed by atoms with van der Waals surface area (Å²) in [6.45, 7) is 4.64. The van der Waals surface area contributed by atoms with E-state index in [1.54, 1.807) is 6.92 Å². The molecule has 1 saturated carbocycles. The maximum atomic E-state index is 12.8. The standard InChI is InChI=1S/C18H25N5O4/c1-10(11-3-4-11)22-16(25)12-8-21-13(15(19)24)7-14(12)23-6-5-18(2,9-23)27-17(20)26/h7-8,10-11H,3-6,9H2,1-2H3,(H2,19,24)(H2,20,26)(H,22,25)/t10-,18-/m0/s1. The lowest BCUT2D eigenvalue weighted by molar-refractivity contribution is 0.0480. The zero-order valence-electron chi connectivity index (χ0n) is 15.5. The first-order chi connectivity index (χ1) is 12.7. The summed E-state index contributed by atoms with van der Waals surface area (Å²) >= 11 is 0. The molecule has 5 N–H and O–H groups in total. The van der Waals surface area contributed by atoms with Gasteiger partial charge in [-0.05, 0) is 38.7 Å². The van der Waals surface area contributed by atoms with Crippen molar-refractivity contribution in [2.24, 2.45) is 17.4 Å². The van der Waals surface area contributed by atoms with E-state index in [2.05, 4.69) is 10.3 Å². The van der Waals surface area contributed by atoms with E-state index in [1.807, 2.05) is 11.8 Å². The van der Waals surface area contributed by atoms with Gasteiger partial charge in [-0.2, -0.15) is 0 Å². The summed E-state index contributed by atoms with van der Waals surface area (Å²) in [5.74, 6) is -0.420. The number of nitrogens with two attached hydrogens (primary N) is 2. The van der Waals surface area contributed by atoms with Gasteiger partial charge in [-0.3, -0.25) is 14.6 Å². The van der Waals surface area contributed by atoms with Crippen molar-refractivity contribution >= 4 is 23.6 Å². The molecule has 0 bridgehead atoms. The zero-order valence-corrected chi connectivity index (χ0v) is 15.5. The molecule has 0 spiro atoms. The third-order valence-corrected chi connectivity index (χ3v) is 5.19. The molecule has 1 aliphatic carbocycles. The van der Waals surface area contributed by atoms with E-state index in [4.69, 9.17) is 16.2 Å². The number of primary amides is 2. The molecule has 2 fully saturated rings. The fourth-order valence-electron chi connectivity index (χ4n) is 3.48. The van der Waals surface area contributed by atoms with E-state index < -0.39 is 17.6 Å². The van der Waals surface area contributed by atoms with Crippen LogP contribution in [0.4, 0.5) is 10.5 Å². The van der Waals surface area contributed by atoms with Crippen LogP contribution in [0, 0.1) is 5.92 Å². The Labute approximate surface area is 157 Å². The second kappa shape index (κ2) is 7.05. The number of ether oxygens (including phenoxy) is 1. The fourth-order valence-corrected chi connectivity index (χ4v) is 3.48. The lowest BCUT2D eigenvalue weighted by Gasteiger charge is -2.26. The molecule has 3 rings (SSSR count). The highest BCUT2D eigenvalue weighted by molar-refractivity contribution is 6.01. The summed E-state index contributed by atoms with van der Waals surface area (Å²) in [5, 5.41) is 3.00. The van der Waals surface area contributed by atoms with Crippen molar-refractivity contribution in [1.82, 2.24) is 10.3 Å². The van der Waals surface area contributed by atoms with Crippen LogP contribution in [0.25, 0.3) is 0 Å². The van der Waals surface area contributed by atoms with Crippen LogP contribution in [-0.2, 0) is 4.74 Å². The van der Waals surface area contributed by atoms with Crippen molar-refractivity contribution in [2.75, 3.05) is 18.0 Å². The van der Waals surface area contributed by atoms with E-state index in [9.17, 15) is 14.4 Å². The van der Waals surface area contributed by atoms with Crippen LogP contribution >= 0.6 is 0 Å². The van der Waals surface area contributed by atoms with Gasteiger partial charge in [0.25, 0.3) is 11.8 Å². The molecule has 3 amide bonds. The first-order valence-electron chi connectivity index (χ1n) is 9.02. The van der Waals surface area contributed by atoms with Crippen LogP contribution in [0.5, 0.6) is 0 Å². The monoisotopic (exact) mass is 375 g/mol. The van der Waals surface area contributed by atoms with Gasteiger partial charge in [0.2, 0.25) is 0 Å². The number of pyridine rings is 1. The van der Waals surface area contributed by atoms with Crippen molar-refractivity contribution < 1.29 is 19.1 Å². The van der Waals surface area contributed by atoms with Crippen molar-refractivity contribution in [3.8, 4) is 0 Å². The topological polar surface area (TPSA) is 141 Å². The average Bonchev–Trinajstić information content (AvgIpc) is 3.37. The van der Waals surface area contributed by atoms with E-state index in [-0.39, 0.29) is 17.6 Å². The lowest BCUT2D eigenvalue weighted by Crippen LogP contribution is -2.38. The minimum atomic E-state index is -0.844. The molecule has 9 heteroatoms. The first kappa shape index (κ1) is 18.9. The number of nitrogens with one attached hydrogen (secondary N) is 1. The molecule has 146 valence electrons. The normalized spacial score (nSPS) is 23.0. The minimum Gasteiger partial charge on any atom is -0.441 e. The van der Waals surface area contributed by atoms with Gasteiger partial charge >= 0.3 is 6.09 Å². The fraction of sp³-hybridized carbons (Fsp3) is 0.556. The Bertz CT molecular complexity index is 779. The summed E-state index contributed by atoms with van der Waals surface area (Å²) in [4.78, 5) is 41.4. The Kier molecular flexibility index (Phi) is 4.95. The van der Waals surface area contributed by atoms with E-state index in [1.165, 1.54) is 12.3 Å². The highest BCUT2D eigenvalue weighted by Crippen LogP contribution is 2.34. The van der Waals surface area contributed by atoms with Crippen molar-refractivity contribution in [3.05, 3.63) is 23.5 Å². The Balaban J connectivity index is 1.87. The van der Waals surface area contributed by atoms with Crippen LogP contribution < -0.4 is 21.7 Å². The van der Waals surface area contributed by atoms with Crippen molar-refractivity contribution in [2.45, 2.75) is 44.8 Å². The Morgan fingerprint density at radius 1 is 1.37 bits per heavy atom. The second-order valence-corrected chi connectivity index (χ2v) is 7.59. The average molecular weight is 375 g/mol. The third kappa shape index (κ3) is 4.29.